The van der Waals surface area contributed by atoms with Crippen molar-refractivity contribution in [3.8, 4) is 0 Å². The van der Waals surface area contributed by atoms with Gasteiger partial charge in [0.05, 0.1) is 0 Å². The number of urea groups is 1. The molecule has 0 saturated heterocycles. The molecule has 0 radical (unpaired) electrons. The van der Waals surface area contributed by atoms with E-state index in [-0.39, 0.29) is 12.1 Å². The van der Waals surface area contributed by atoms with Crippen LogP contribution in [0.4, 0.5) is 4.79 Å². The Hall–Kier alpha value is -1.26. The number of carboxylic acid groups (broad SMARTS) is 1. The Morgan fingerprint density at radius 1 is 1.28 bits per heavy atom. The van der Waals surface area contributed by atoms with Crippen LogP contribution in [0.1, 0.15) is 46.0 Å². The highest BCUT2D eigenvalue weighted by molar-refractivity contribution is 5.82. The topological polar surface area (TPSA) is 60.9 Å². The van der Waals surface area contributed by atoms with Gasteiger partial charge in [-0.25, -0.2) is 9.59 Å². The van der Waals surface area contributed by atoms with Crippen LogP contribution in [-0.4, -0.2) is 52.6 Å². The van der Waals surface area contributed by atoms with Gasteiger partial charge in [0, 0.05) is 19.6 Å². The van der Waals surface area contributed by atoms with Crippen molar-refractivity contribution < 1.29 is 14.7 Å². The summed E-state index contributed by atoms with van der Waals surface area (Å²) in [5, 5.41) is 8.95. The number of hydrogen-bond donors (Lipinski definition) is 1. The van der Waals surface area contributed by atoms with Crippen molar-refractivity contribution in [2.45, 2.75) is 58.0 Å². The van der Waals surface area contributed by atoms with Gasteiger partial charge in [-0.15, -0.1) is 0 Å². The van der Waals surface area contributed by atoms with Gasteiger partial charge < -0.3 is 14.9 Å². The summed E-state index contributed by atoms with van der Waals surface area (Å²) >= 11 is 0. The molecule has 1 saturated carbocycles. The van der Waals surface area contributed by atoms with Crippen LogP contribution in [0.3, 0.4) is 0 Å². The summed E-state index contributed by atoms with van der Waals surface area (Å²) in [5.74, 6) is -0.967. The molecule has 0 aromatic rings. The van der Waals surface area contributed by atoms with Gasteiger partial charge in [0.15, 0.2) is 0 Å². The van der Waals surface area contributed by atoms with Crippen LogP contribution in [0.2, 0.25) is 0 Å². The zero-order valence-electron chi connectivity index (χ0n) is 11.6. The fraction of sp³-hybridized carbons (Fsp3) is 0.846. The first-order chi connectivity index (χ1) is 8.49. The Morgan fingerprint density at radius 3 is 2.28 bits per heavy atom. The predicted molar refractivity (Wildman–Crippen MR) is 69.5 cm³/mol. The largest absolute Gasteiger partial charge is 0.480 e. The molecule has 0 spiro atoms. The molecular weight excluding hydrogens is 232 g/mol. The number of hydrogen-bond acceptors (Lipinski definition) is 2. The van der Waals surface area contributed by atoms with Crippen LogP contribution in [0.15, 0.2) is 0 Å². The van der Waals surface area contributed by atoms with Crippen LogP contribution in [-0.2, 0) is 4.79 Å². The van der Waals surface area contributed by atoms with E-state index in [1.165, 1.54) is 18.2 Å². The Balaban J connectivity index is 2.68. The number of nitrogens with zero attached hydrogens (tertiary/aromatic N) is 2. The molecule has 0 bridgehead atoms. The molecule has 1 rings (SSSR count). The second kappa shape index (κ2) is 6.61. The zero-order chi connectivity index (χ0) is 13.7. The van der Waals surface area contributed by atoms with E-state index in [9.17, 15) is 9.59 Å². The molecular formula is C13H24N2O3. The summed E-state index contributed by atoms with van der Waals surface area (Å²) in [6.07, 6.45) is 5.63. The lowest BCUT2D eigenvalue weighted by Gasteiger charge is -2.37. The molecule has 1 aliphatic rings. The van der Waals surface area contributed by atoms with E-state index in [1.54, 1.807) is 7.05 Å². The Kier molecular flexibility index (Phi) is 5.44. The van der Waals surface area contributed by atoms with Gasteiger partial charge in [-0.3, -0.25) is 0 Å². The van der Waals surface area contributed by atoms with Crippen molar-refractivity contribution >= 4 is 12.0 Å². The molecule has 1 fully saturated rings. The minimum Gasteiger partial charge on any atom is -0.480 e. The number of rotatable bonds is 4. The Morgan fingerprint density at radius 2 is 1.83 bits per heavy atom. The monoisotopic (exact) mass is 256 g/mol. The number of carbonyl (C=O) groups excluding carboxylic acids is 1. The lowest BCUT2D eigenvalue weighted by molar-refractivity contribution is -0.141. The molecule has 18 heavy (non-hydrogen) atoms. The molecule has 1 aliphatic carbocycles. The molecule has 0 aromatic carbocycles. The van der Waals surface area contributed by atoms with Gasteiger partial charge >= 0.3 is 12.0 Å². The fourth-order valence-corrected chi connectivity index (χ4v) is 2.48. The van der Waals surface area contributed by atoms with E-state index in [0.717, 1.165) is 25.7 Å². The summed E-state index contributed by atoms with van der Waals surface area (Å²) < 4.78 is 0. The van der Waals surface area contributed by atoms with Gasteiger partial charge in [0.1, 0.15) is 6.04 Å². The summed E-state index contributed by atoms with van der Waals surface area (Å²) in [4.78, 5) is 26.4. The van der Waals surface area contributed by atoms with E-state index in [4.69, 9.17) is 5.11 Å². The molecule has 1 atom stereocenters. The molecule has 0 aromatic heterocycles. The van der Waals surface area contributed by atoms with Crippen LogP contribution in [0.25, 0.3) is 0 Å². The normalized spacial score (nSPS) is 18.2. The van der Waals surface area contributed by atoms with Crippen molar-refractivity contribution in [3.63, 3.8) is 0 Å². The van der Waals surface area contributed by atoms with E-state index in [0.29, 0.717) is 6.54 Å². The maximum atomic E-state index is 12.3. The highest BCUT2D eigenvalue weighted by Crippen LogP contribution is 2.23. The standard InChI is InChI=1S/C13H24N2O3/c1-4-15(11-8-6-5-7-9-11)13(18)14(3)10(2)12(16)17/h10-11H,4-9H2,1-3H3,(H,16,17). The zero-order valence-corrected chi connectivity index (χ0v) is 11.6. The third-order valence-corrected chi connectivity index (χ3v) is 3.84. The van der Waals surface area contributed by atoms with Gasteiger partial charge in [-0.1, -0.05) is 19.3 Å². The smallest absolute Gasteiger partial charge is 0.326 e. The van der Waals surface area contributed by atoms with Gasteiger partial charge in [-0.05, 0) is 26.7 Å². The van der Waals surface area contributed by atoms with Crippen molar-refractivity contribution in [1.82, 2.24) is 9.80 Å². The highest BCUT2D eigenvalue weighted by atomic mass is 16.4. The average molecular weight is 256 g/mol. The van der Waals surface area contributed by atoms with Crippen LogP contribution in [0, 0.1) is 0 Å². The number of amides is 2. The van der Waals surface area contributed by atoms with Gasteiger partial charge in [0.2, 0.25) is 0 Å². The minimum absolute atomic E-state index is 0.167. The van der Waals surface area contributed by atoms with Crippen LogP contribution in [0.5, 0.6) is 0 Å². The molecule has 2 amide bonds. The van der Waals surface area contributed by atoms with E-state index < -0.39 is 12.0 Å². The lowest BCUT2D eigenvalue weighted by Crippen LogP contribution is -2.51. The highest BCUT2D eigenvalue weighted by Gasteiger charge is 2.30. The second-order valence-corrected chi connectivity index (χ2v) is 4.99. The maximum absolute atomic E-state index is 12.3. The quantitative estimate of drug-likeness (QED) is 0.838. The predicted octanol–water partition coefficient (Wildman–Crippen LogP) is 2.17. The first-order valence-electron chi connectivity index (χ1n) is 6.75. The fourth-order valence-electron chi connectivity index (χ4n) is 2.48. The molecule has 5 nitrogen and oxygen atoms in total. The van der Waals surface area contributed by atoms with Crippen LogP contribution >= 0.6 is 0 Å². The summed E-state index contributed by atoms with van der Waals surface area (Å²) in [7, 11) is 1.56. The summed E-state index contributed by atoms with van der Waals surface area (Å²) in [6, 6.07) is -0.672. The first-order valence-corrected chi connectivity index (χ1v) is 6.75. The van der Waals surface area contributed by atoms with Gasteiger partial charge in [-0.2, -0.15) is 0 Å². The molecule has 0 heterocycles. The number of carboxylic acids is 1. The number of carbonyl (C=O) groups is 2. The molecule has 104 valence electrons. The second-order valence-electron chi connectivity index (χ2n) is 4.99. The maximum Gasteiger partial charge on any atom is 0.326 e. The minimum atomic E-state index is -0.967. The van der Waals surface area contributed by atoms with Crippen molar-refractivity contribution in [1.29, 1.82) is 0 Å². The van der Waals surface area contributed by atoms with E-state index in [2.05, 4.69) is 0 Å². The van der Waals surface area contributed by atoms with Crippen molar-refractivity contribution in [2.24, 2.45) is 0 Å². The molecule has 1 N–H and O–H groups in total. The number of aliphatic carboxylic acids is 1. The third kappa shape index (κ3) is 3.37. The van der Waals surface area contributed by atoms with Crippen LogP contribution < -0.4 is 0 Å². The third-order valence-electron chi connectivity index (χ3n) is 3.84. The first kappa shape index (κ1) is 14.8. The Bertz CT molecular complexity index is 301. The Labute approximate surface area is 109 Å². The summed E-state index contributed by atoms with van der Waals surface area (Å²) in [5.41, 5.74) is 0. The molecule has 0 aliphatic heterocycles. The summed E-state index contributed by atoms with van der Waals surface area (Å²) in [6.45, 7) is 4.13. The van der Waals surface area contributed by atoms with Crippen molar-refractivity contribution in [3.05, 3.63) is 0 Å². The lowest BCUT2D eigenvalue weighted by atomic mass is 9.94. The molecule has 1 unspecified atom stereocenters. The van der Waals surface area contributed by atoms with E-state index >= 15 is 0 Å². The van der Waals surface area contributed by atoms with Crippen molar-refractivity contribution in [2.75, 3.05) is 13.6 Å². The average Bonchev–Trinajstić information content (AvgIpc) is 2.38. The molecule has 5 heteroatoms. The SMILES string of the molecule is CCN(C(=O)N(C)C(C)C(=O)O)C1CCCCC1. The van der Waals surface area contributed by atoms with Gasteiger partial charge in [0.25, 0.3) is 0 Å². The van der Waals surface area contributed by atoms with E-state index in [1.807, 2.05) is 11.8 Å². The number of likely N-dealkylation sites (N-methyl/N-ethyl adjacent to an activating group) is 1.